The van der Waals surface area contributed by atoms with Crippen LogP contribution in [0.4, 0.5) is 0 Å². The van der Waals surface area contributed by atoms with Crippen molar-refractivity contribution >= 4 is 28.4 Å². The van der Waals surface area contributed by atoms with E-state index in [2.05, 4.69) is 9.97 Å². The van der Waals surface area contributed by atoms with Gasteiger partial charge in [-0.2, -0.15) is 0 Å². The number of carbonyl (C=O) groups is 2. The molecule has 7 nitrogen and oxygen atoms in total. The summed E-state index contributed by atoms with van der Waals surface area (Å²) in [4.78, 5) is 35.6. The molecule has 36 heavy (non-hydrogen) atoms. The molecule has 1 atom stereocenters. The van der Waals surface area contributed by atoms with E-state index in [1.807, 2.05) is 51.1 Å². The Labute approximate surface area is 209 Å². The highest BCUT2D eigenvalue weighted by Crippen LogP contribution is 2.43. The van der Waals surface area contributed by atoms with Gasteiger partial charge in [0.15, 0.2) is 0 Å². The Morgan fingerprint density at radius 2 is 1.94 bits per heavy atom. The van der Waals surface area contributed by atoms with E-state index in [0.717, 1.165) is 27.6 Å². The van der Waals surface area contributed by atoms with Crippen molar-refractivity contribution in [2.45, 2.75) is 39.5 Å². The number of ether oxygens (including phenoxy) is 1. The van der Waals surface area contributed by atoms with Gasteiger partial charge in [-0.3, -0.25) is 14.6 Å². The number of pyridine rings is 1. The van der Waals surface area contributed by atoms with Crippen molar-refractivity contribution in [3.05, 3.63) is 101 Å². The van der Waals surface area contributed by atoms with E-state index in [1.165, 1.54) is 4.90 Å². The third-order valence-electron chi connectivity index (χ3n) is 6.34. The number of H-pyrrole nitrogens is 1. The molecule has 1 fully saturated rings. The van der Waals surface area contributed by atoms with Crippen LogP contribution in [-0.2, 0) is 16.1 Å². The van der Waals surface area contributed by atoms with E-state index in [-0.39, 0.29) is 24.0 Å². The standard InChI is InChI=1S/C29H27N3O4/c1-17(2)36-24-11-10-20(13-18(24)3)27(33)25-26(22-15-31-23-9-5-4-8-21(22)23)32(29(35)28(25)34)16-19-7-6-12-30-14-19/h4-15,17,26,31,33H,16H2,1-3H3/b27-25+. The molecule has 3 heterocycles. The molecule has 0 aliphatic carbocycles. The number of hydrogen-bond donors (Lipinski definition) is 2. The lowest BCUT2D eigenvalue weighted by Crippen LogP contribution is -2.29. The Balaban J connectivity index is 1.66. The van der Waals surface area contributed by atoms with Crippen LogP contribution in [0.25, 0.3) is 16.7 Å². The predicted molar refractivity (Wildman–Crippen MR) is 137 cm³/mol. The number of nitrogens with one attached hydrogen (secondary N) is 1. The SMILES string of the molecule is Cc1cc(/C(O)=C2\C(=O)C(=O)N(Cc3cccnc3)C2c2c[nH]c3ccccc23)ccc1OC(C)C. The van der Waals surface area contributed by atoms with Crippen molar-refractivity contribution in [3.8, 4) is 5.75 Å². The van der Waals surface area contributed by atoms with Crippen LogP contribution >= 0.6 is 0 Å². The minimum Gasteiger partial charge on any atom is -0.507 e. The smallest absolute Gasteiger partial charge is 0.295 e. The average molecular weight is 482 g/mol. The van der Waals surface area contributed by atoms with Crippen molar-refractivity contribution in [3.63, 3.8) is 0 Å². The average Bonchev–Trinajstić information content (AvgIpc) is 3.39. The molecular formula is C29H27N3O4. The quantitative estimate of drug-likeness (QED) is 0.222. The molecule has 1 aliphatic rings. The number of carbonyl (C=O) groups excluding carboxylic acids is 2. The predicted octanol–water partition coefficient (Wildman–Crippen LogP) is 5.28. The maximum absolute atomic E-state index is 13.4. The summed E-state index contributed by atoms with van der Waals surface area (Å²) in [5.41, 5.74) is 3.74. The zero-order chi connectivity index (χ0) is 25.4. The lowest BCUT2D eigenvalue weighted by atomic mass is 9.94. The molecule has 0 saturated carbocycles. The number of nitrogens with zero attached hydrogens (tertiary/aromatic N) is 2. The van der Waals surface area contributed by atoms with Gasteiger partial charge in [-0.05, 0) is 62.2 Å². The third kappa shape index (κ3) is 4.13. The number of ketones is 1. The second kappa shape index (κ2) is 9.34. The number of fused-ring (bicyclic) bond motifs is 1. The fourth-order valence-electron chi connectivity index (χ4n) is 4.71. The Morgan fingerprint density at radius 3 is 2.67 bits per heavy atom. The Hall–Kier alpha value is -4.39. The van der Waals surface area contributed by atoms with E-state index in [0.29, 0.717) is 11.3 Å². The molecule has 1 unspecified atom stereocenters. The van der Waals surface area contributed by atoms with Crippen LogP contribution in [0.3, 0.4) is 0 Å². The molecule has 2 aromatic carbocycles. The summed E-state index contributed by atoms with van der Waals surface area (Å²) in [6.07, 6.45) is 5.13. The Bertz CT molecular complexity index is 1490. The number of aryl methyl sites for hydroxylation is 1. The highest BCUT2D eigenvalue weighted by Gasteiger charge is 2.46. The van der Waals surface area contributed by atoms with Crippen LogP contribution < -0.4 is 4.74 Å². The molecule has 1 aliphatic heterocycles. The highest BCUT2D eigenvalue weighted by atomic mass is 16.5. The summed E-state index contributed by atoms with van der Waals surface area (Å²) >= 11 is 0. The van der Waals surface area contributed by atoms with Crippen molar-refractivity contribution in [2.24, 2.45) is 0 Å². The number of aliphatic hydroxyl groups is 1. The zero-order valence-electron chi connectivity index (χ0n) is 20.4. The summed E-state index contributed by atoms with van der Waals surface area (Å²) in [5, 5.41) is 12.3. The molecule has 5 rings (SSSR count). The van der Waals surface area contributed by atoms with Gasteiger partial charge in [0.25, 0.3) is 11.7 Å². The lowest BCUT2D eigenvalue weighted by molar-refractivity contribution is -0.140. The molecule has 0 spiro atoms. The monoisotopic (exact) mass is 481 g/mol. The van der Waals surface area contributed by atoms with Gasteiger partial charge in [0.2, 0.25) is 0 Å². The topological polar surface area (TPSA) is 95.5 Å². The van der Waals surface area contributed by atoms with Gasteiger partial charge in [0, 0.05) is 47.2 Å². The largest absolute Gasteiger partial charge is 0.507 e. The summed E-state index contributed by atoms with van der Waals surface area (Å²) in [6.45, 7) is 5.95. The van der Waals surface area contributed by atoms with E-state index in [1.54, 1.807) is 42.9 Å². The van der Waals surface area contributed by atoms with Gasteiger partial charge in [0.05, 0.1) is 17.7 Å². The second-order valence-corrected chi connectivity index (χ2v) is 9.22. The number of hydrogen-bond acceptors (Lipinski definition) is 5. The minimum absolute atomic E-state index is 0.00261. The molecule has 1 amide bonds. The van der Waals surface area contributed by atoms with E-state index >= 15 is 0 Å². The second-order valence-electron chi connectivity index (χ2n) is 9.22. The van der Waals surface area contributed by atoms with Crippen LogP contribution in [0, 0.1) is 6.92 Å². The number of aliphatic hydroxyl groups excluding tert-OH is 1. The number of Topliss-reactive ketones (excluding diaryl/α,β-unsaturated/α-hetero) is 1. The molecule has 182 valence electrons. The molecule has 2 N–H and O–H groups in total. The van der Waals surface area contributed by atoms with Crippen molar-refractivity contribution in [2.75, 3.05) is 0 Å². The zero-order valence-corrected chi connectivity index (χ0v) is 20.4. The fraction of sp³-hybridized carbons (Fsp3) is 0.207. The fourth-order valence-corrected chi connectivity index (χ4v) is 4.71. The van der Waals surface area contributed by atoms with E-state index in [9.17, 15) is 14.7 Å². The van der Waals surface area contributed by atoms with Crippen LogP contribution in [0.1, 0.15) is 42.1 Å². The van der Waals surface area contributed by atoms with Gasteiger partial charge in [-0.1, -0.05) is 24.3 Å². The van der Waals surface area contributed by atoms with Crippen LogP contribution in [0.15, 0.2) is 78.8 Å². The summed E-state index contributed by atoms with van der Waals surface area (Å²) in [7, 11) is 0. The van der Waals surface area contributed by atoms with Gasteiger partial charge in [0.1, 0.15) is 11.5 Å². The molecule has 2 aromatic heterocycles. The summed E-state index contributed by atoms with van der Waals surface area (Å²) in [5.74, 6) is -0.887. The van der Waals surface area contributed by atoms with E-state index in [4.69, 9.17) is 4.74 Å². The maximum Gasteiger partial charge on any atom is 0.295 e. The first-order valence-electron chi connectivity index (χ1n) is 11.9. The number of rotatable bonds is 6. The highest BCUT2D eigenvalue weighted by molar-refractivity contribution is 6.46. The number of likely N-dealkylation sites (tertiary alicyclic amines) is 1. The Kier molecular flexibility index (Phi) is 6.06. The molecular weight excluding hydrogens is 454 g/mol. The number of aromatic nitrogens is 2. The number of amides is 1. The molecule has 4 aromatic rings. The van der Waals surface area contributed by atoms with Crippen LogP contribution in [0.2, 0.25) is 0 Å². The van der Waals surface area contributed by atoms with Crippen molar-refractivity contribution in [1.82, 2.24) is 14.9 Å². The van der Waals surface area contributed by atoms with Crippen LogP contribution in [-0.4, -0.2) is 37.8 Å². The summed E-state index contributed by atoms with van der Waals surface area (Å²) in [6, 6.07) is 15.8. The van der Waals surface area contributed by atoms with Gasteiger partial charge < -0.3 is 19.7 Å². The first-order chi connectivity index (χ1) is 17.3. The normalized spacial score (nSPS) is 17.3. The number of para-hydroxylation sites is 1. The van der Waals surface area contributed by atoms with Gasteiger partial charge in [-0.25, -0.2) is 0 Å². The Morgan fingerprint density at radius 1 is 1.14 bits per heavy atom. The molecule has 7 heteroatoms. The van der Waals surface area contributed by atoms with Gasteiger partial charge in [-0.15, -0.1) is 0 Å². The minimum atomic E-state index is -0.770. The number of aromatic amines is 1. The van der Waals surface area contributed by atoms with Crippen molar-refractivity contribution in [1.29, 1.82) is 0 Å². The molecule has 1 saturated heterocycles. The third-order valence-corrected chi connectivity index (χ3v) is 6.34. The van der Waals surface area contributed by atoms with Crippen molar-refractivity contribution < 1.29 is 19.4 Å². The van der Waals surface area contributed by atoms with Crippen LogP contribution in [0.5, 0.6) is 5.75 Å². The van der Waals surface area contributed by atoms with E-state index < -0.39 is 17.7 Å². The molecule has 0 bridgehead atoms. The van der Waals surface area contributed by atoms with Gasteiger partial charge >= 0.3 is 0 Å². The summed E-state index contributed by atoms with van der Waals surface area (Å²) < 4.78 is 5.82. The maximum atomic E-state index is 13.4. The number of benzene rings is 2. The first kappa shape index (κ1) is 23.4. The lowest BCUT2D eigenvalue weighted by Gasteiger charge is -2.25. The molecule has 0 radical (unpaired) electrons. The first-order valence-corrected chi connectivity index (χ1v) is 11.9.